The summed E-state index contributed by atoms with van der Waals surface area (Å²) >= 11 is 0. The first-order valence-electron chi connectivity index (χ1n) is 9.13. The maximum Gasteiger partial charge on any atom is 0.0117 e. The van der Waals surface area contributed by atoms with Crippen LogP contribution in [-0.2, 0) is 11.8 Å². The molecule has 1 heteroatoms. The van der Waals surface area contributed by atoms with Crippen molar-refractivity contribution in [2.75, 3.05) is 0 Å². The summed E-state index contributed by atoms with van der Waals surface area (Å²) in [6, 6.07) is 20.3. The largest absolute Gasteiger partial charge is 0.327 e. The summed E-state index contributed by atoms with van der Waals surface area (Å²) in [5, 5.41) is 0. The van der Waals surface area contributed by atoms with Crippen LogP contribution in [-0.4, -0.2) is 6.04 Å². The summed E-state index contributed by atoms with van der Waals surface area (Å²) in [6.45, 7) is 2.37. The highest BCUT2D eigenvalue weighted by atomic mass is 14.7. The van der Waals surface area contributed by atoms with E-state index in [2.05, 4.69) is 61.5 Å². The molecule has 2 N–H and O–H groups in total. The van der Waals surface area contributed by atoms with Gasteiger partial charge in [0.15, 0.2) is 0 Å². The Morgan fingerprint density at radius 1 is 1.04 bits per heavy atom. The van der Waals surface area contributed by atoms with Gasteiger partial charge in [0.05, 0.1) is 0 Å². The molecule has 0 heterocycles. The first-order valence-corrected chi connectivity index (χ1v) is 9.13. The molecule has 23 heavy (non-hydrogen) atoms. The highest BCUT2D eigenvalue weighted by Crippen LogP contribution is 2.54. The van der Waals surface area contributed by atoms with E-state index in [4.69, 9.17) is 5.73 Å². The van der Waals surface area contributed by atoms with Crippen LogP contribution >= 0.6 is 0 Å². The van der Waals surface area contributed by atoms with E-state index < -0.39 is 0 Å². The highest BCUT2D eigenvalue weighted by Gasteiger charge is 2.49. The van der Waals surface area contributed by atoms with Crippen molar-refractivity contribution in [3.05, 3.63) is 71.3 Å². The monoisotopic (exact) mass is 305 g/mol. The van der Waals surface area contributed by atoms with Gasteiger partial charge in [-0.3, -0.25) is 0 Å². The van der Waals surface area contributed by atoms with E-state index >= 15 is 0 Å². The topological polar surface area (TPSA) is 26.0 Å². The van der Waals surface area contributed by atoms with Gasteiger partial charge in [0.25, 0.3) is 0 Å². The van der Waals surface area contributed by atoms with Gasteiger partial charge in [0, 0.05) is 6.04 Å². The van der Waals surface area contributed by atoms with Crippen LogP contribution < -0.4 is 5.73 Å². The number of aryl methyl sites for hydroxylation is 1. The third-order valence-corrected chi connectivity index (χ3v) is 6.61. The fourth-order valence-corrected chi connectivity index (χ4v) is 5.42. The molecule has 2 aliphatic carbocycles. The van der Waals surface area contributed by atoms with Crippen LogP contribution in [0.3, 0.4) is 0 Å². The van der Waals surface area contributed by atoms with E-state index in [1.54, 1.807) is 11.1 Å². The lowest BCUT2D eigenvalue weighted by atomic mass is 9.52. The second kappa shape index (κ2) is 5.79. The molecule has 0 amide bonds. The molecule has 2 aromatic rings. The lowest BCUT2D eigenvalue weighted by Gasteiger charge is -2.53. The quantitative estimate of drug-likeness (QED) is 0.847. The summed E-state index contributed by atoms with van der Waals surface area (Å²) in [5.41, 5.74) is 11.6. The average molecular weight is 305 g/mol. The SMILES string of the molecule is CC[C@@]12C[C@H](N)[C@@H](c3ccccc3)C[C@H]1CCc1ccccc12. The Hall–Kier alpha value is -1.60. The van der Waals surface area contributed by atoms with Gasteiger partial charge in [-0.25, -0.2) is 0 Å². The molecule has 0 saturated heterocycles. The molecule has 1 nitrogen and oxygen atoms in total. The zero-order chi connectivity index (χ0) is 15.9. The number of hydrogen-bond acceptors (Lipinski definition) is 1. The standard InChI is InChI=1S/C22H27N/c1-2-22-15-21(23)19(16-8-4-3-5-9-16)14-18(22)13-12-17-10-6-7-11-20(17)22/h3-11,18-19,21H,2,12-15,23H2,1H3/t18-,19-,21+,22-/m1/s1. The molecule has 2 aliphatic rings. The Morgan fingerprint density at radius 2 is 1.78 bits per heavy atom. The number of nitrogens with two attached hydrogens (primary N) is 1. The molecule has 120 valence electrons. The van der Waals surface area contributed by atoms with Gasteiger partial charge in [-0.05, 0) is 66.0 Å². The van der Waals surface area contributed by atoms with E-state index in [1.807, 2.05) is 0 Å². The fraction of sp³-hybridized carbons (Fsp3) is 0.455. The summed E-state index contributed by atoms with van der Waals surface area (Å²) in [4.78, 5) is 0. The predicted octanol–water partition coefficient (Wildman–Crippen LogP) is 4.80. The maximum absolute atomic E-state index is 6.74. The van der Waals surface area contributed by atoms with Crippen LogP contribution in [0.25, 0.3) is 0 Å². The van der Waals surface area contributed by atoms with Crippen LogP contribution in [0.4, 0.5) is 0 Å². The van der Waals surface area contributed by atoms with Gasteiger partial charge in [0.2, 0.25) is 0 Å². The summed E-state index contributed by atoms with van der Waals surface area (Å²) in [6.07, 6.45) is 6.14. The van der Waals surface area contributed by atoms with Crippen molar-refractivity contribution in [1.29, 1.82) is 0 Å². The average Bonchev–Trinajstić information content (AvgIpc) is 2.61. The summed E-state index contributed by atoms with van der Waals surface area (Å²) in [7, 11) is 0. The lowest BCUT2D eigenvalue weighted by molar-refractivity contribution is 0.122. The molecule has 0 spiro atoms. The molecule has 1 fully saturated rings. The van der Waals surface area contributed by atoms with E-state index in [1.165, 1.54) is 31.2 Å². The van der Waals surface area contributed by atoms with Gasteiger partial charge >= 0.3 is 0 Å². The Labute approximate surface area is 139 Å². The number of rotatable bonds is 2. The second-order valence-corrected chi connectivity index (χ2v) is 7.52. The van der Waals surface area contributed by atoms with E-state index in [0.717, 1.165) is 12.3 Å². The molecule has 1 saturated carbocycles. The van der Waals surface area contributed by atoms with Crippen molar-refractivity contribution in [1.82, 2.24) is 0 Å². The molecule has 4 atom stereocenters. The summed E-state index contributed by atoms with van der Waals surface area (Å²) < 4.78 is 0. The number of hydrogen-bond donors (Lipinski definition) is 1. The minimum atomic E-state index is 0.264. The number of fused-ring (bicyclic) bond motifs is 3. The van der Waals surface area contributed by atoms with E-state index in [9.17, 15) is 0 Å². The van der Waals surface area contributed by atoms with Crippen molar-refractivity contribution in [3.63, 3.8) is 0 Å². The third kappa shape index (κ3) is 2.33. The second-order valence-electron chi connectivity index (χ2n) is 7.52. The van der Waals surface area contributed by atoms with Crippen LogP contribution in [0, 0.1) is 5.92 Å². The van der Waals surface area contributed by atoms with Crippen LogP contribution in [0.1, 0.15) is 55.2 Å². The Morgan fingerprint density at radius 3 is 2.57 bits per heavy atom. The molecule has 0 bridgehead atoms. The normalized spacial score (nSPS) is 32.9. The molecule has 0 radical (unpaired) electrons. The minimum absolute atomic E-state index is 0.264. The maximum atomic E-state index is 6.74. The van der Waals surface area contributed by atoms with Crippen molar-refractivity contribution >= 4 is 0 Å². The highest BCUT2D eigenvalue weighted by molar-refractivity contribution is 5.40. The fourth-order valence-electron chi connectivity index (χ4n) is 5.42. The summed E-state index contributed by atoms with van der Waals surface area (Å²) in [5.74, 6) is 1.29. The Bertz CT molecular complexity index is 677. The number of benzene rings is 2. The van der Waals surface area contributed by atoms with Gasteiger partial charge in [-0.15, -0.1) is 0 Å². The van der Waals surface area contributed by atoms with Crippen LogP contribution in [0.2, 0.25) is 0 Å². The molecular formula is C22H27N. The molecular weight excluding hydrogens is 278 g/mol. The Kier molecular flexibility index (Phi) is 3.77. The van der Waals surface area contributed by atoms with Gasteiger partial charge < -0.3 is 5.73 Å². The minimum Gasteiger partial charge on any atom is -0.327 e. The van der Waals surface area contributed by atoms with Gasteiger partial charge in [0.1, 0.15) is 0 Å². The molecule has 0 aromatic heterocycles. The van der Waals surface area contributed by atoms with Crippen molar-refractivity contribution in [3.8, 4) is 0 Å². The smallest absolute Gasteiger partial charge is 0.0117 e. The molecule has 4 rings (SSSR count). The molecule has 0 unspecified atom stereocenters. The van der Waals surface area contributed by atoms with Gasteiger partial charge in [-0.1, -0.05) is 61.5 Å². The van der Waals surface area contributed by atoms with Gasteiger partial charge in [-0.2, -0.15) is 0 Å². The van der Waals surface area contributed by atoms with Crippen molar-refractivity contribution in [2.45, 2.75) is 56.4 Å². The van der Waals surface area contributed by atoms with Crippen molar-refractivity contribution < 1.29 is 0 Å². The molecule has 2 aromatic carbocycles. The lowest BCUT2D eigenvalue weighted by Crippen LogP contribution is -2.50. The zero-order valence-corrected chi connectivity index (χ0v) is 14.0. The van der Waals surface area contributed by atoms with E-state index in [0.29, 0.717) is 11.3 Å². The first kappa shape index (κ1) is 15.0. The Balaban J connectivity index is 1.72. The van der Waals surface area contributed by atoms with E-state index in [-0.39, 0.29) is 6.04 Å². The van der Waals surface area contributed by atoms with Crippen LogP contribution in [0.5, 0.6) is 0 Å². The zero-order valence-electron chi connectivity index (χ0n) is 14.0. The first-order chi connectivity index (χ1) is 11.2. The van der Waals surface area contributed by atoms with Crippen LogP contribution in [0.15, 0.2) is 54.6 Å². The third-order valence-electron chi connectivity index (χ3n) is 6.61. The predicted molar refractivity (Wildman–Crippen MR) is 96.6 cm³/mol. The molecule has 0 aliphatic heterocycles. The van der Waals surface area contributed by atoms with Crippen molar-refractivity contribution in [2.24, 2.45) is 11.7 Å².